The SMILES string of the molecule is [N-]=[N+]=N[C@@H]1CC/C=C\CC[C@H]1O. The van der Waals surface area contributed by atoms with Crippen molar-refractivity contribution in [2.75, 3.05) is 0 Å². The largest absolute Gasteiger partial charge is 0.393 e. The molecular weight excluding hydrogens is 154 g/mol. The lowest BCUT2D eigenvalue weighted by molar-refractivity contribution is 0.131. The van der Waals surface area contributed by atoms with Crippen molar-refractivity contribution in [3.8, 4) is 0 Å². The number of hydrogen-bond acceptors (Lipinski definition) is 2. The van der Waals surface area contributed by atoms with E-state index in [4.69, 9.17) is 5.53 Å². The van der Waals surface area contributed by atoms with E-state index in [9.17, 15) is 5.11 Å². The van der Waals surface area contributed by atoms with E-state index in [-0.39, 0.29) is 6.04 Å². The van der Waals surface area contributed by atoms with Gasteiger partial charge in [-0.1, -0.05) is 17.3 Å². The highest BCUT2D eigenvalue weighted by Gasteiger charge is 2.17. The van der Waals surface area contributed by atoms with Crippen LogP contribution in [0.2, 0.25) is 0 Å². The normalized spacial score (nSPS) is 32.8. The Hall–Kier alpha value is -0.990. The lowest BCUT2D eigenvalue weighted by Gasteiger charge is -2.18. The van der Waals surface area contributed by atoms with Crippen LogP contribution in [0, 0.1) is 0 Å². The molecule has 0 amide bonds. The first-order chi connectivity index (χ1) is 5.84. The Balaban J connectivity index is 2.57. The zero-order chi connectivity index (χ0) is 8.81. The summed E-state index contributed by atoms with van der Waals surface area (Å²) in [7, 11) is 0. The molecule has 0 saturated carbocycles. The third-order valence-electron chi connectivity index (χ3n) is 2.07. The molecule has 0 bridgehead atoms. The summed E-state index contributed by atoms with van der Waals surface area (Å²) in [5.74, 6) is 0. The highest BCUT2D eigenvalue weighted by molar-refractivity contribution is 4.90. The molecule has 1 aliphatic rings. The van der Waals surface area contributed by atoms with Crippen LogP contribution in [-0.4, -0.2) is 17.3 Å². The summed E-state index contributed by atoms with van der Waals surface area (Å²) >= 11 is 0. The zero-order valence-corrected chi connectivity index (χ0v) is 6.93. The molecule has 4 nitrogen and oxygen atoms in total. The van der Waals surface area contributed by atoms with Gasteiger partial charge in [-0.05, 0) is 31.2 Å². The van der Waals surface area contributed by atoms with E-state index in [2.05, 4.69) is 22.2 Å². The molecule has 12 heavy (non-hydrogen) atoms. The van der Waals surface area contributed by atoms with Crippen LogP contribution in [0.15, 0.2) is 17.3 Å². The summed E-state index contributed by atoms with van der Waals surface area (Å²) in [6.07, 6.45) is 6.88. The number of allylic oxidation sites excluding steroid dienone is 2. The van der Waals surface area contributed by atoms with Gasteiger partial charge in [-0.2, -0.15) is 0 Å². The molecule has 0 aromatic rings. The van der Waals surface area contributed by atoms with Gasteiger partial charge in [0, 0.05) is 4.91 Å². The first-order valence-corrected chi connectivity index (χ1v) is 4.22. The van der Waals surface area contributed by atoms with Crippen LogP contribution in [0.3, 0.4) is 0 Å². The Kier molecular flexibility index (Phi) is 3.64. The van der Waals surface area contributed by atoms with Crippen LogP contribution in [0.4, 0.5) is 0 Å². The Morgan fingerprint density at radius 2 is 2.00 bits per heavy atom. The highest BCUT2D eigenvalue weighted by atomic mass is 16.3. The predicted molar refractivity (Wildman–Crippen MR) is 46.5 cm³/mol. The quantitative estimate of drug-likeness (QED) is 0.276. The van der Waals surface area contributed by atoms with Gasteiger partial charge in [-0.3, -0.25) is 0 Å². The molecule has 0 aromatic heterocycles. The number of azide groups is 1. The molecule has 0 aromatic carbocycles. The van der Waals surface area contributed by atoms with E-state index in [1.54, 1.807) is 0 Å². The minimum Gasteiger partial charge on any atom is -0.393 e. The number of hydrogen-bond donors (Lipinski definition) is 1. The molecule has 2 atom stereocenters. The summed E-state index contributed by atoms with van der Waals surface area (Å²) in [5, 5.41) is 13.1. The highest BCUT2D eigenvalue weighted by Crippen LogP contribution is 2.16. The molecule has 0 saturated heterocycles. The Bertz CT molecular complexity index is 208. The minimum absolute atomic E-state index is 0.236. The summed E-state index contributed by atoms with van der Waals surface area (Å²) in [6.45, 7) is 0. The van der Waals surface area contributed by atoms with Gasteiger partial charge in [0.2, 0.25) is 0 Å². The second-order valence-electron chi connectivity index (χ2n) is 2.97. The van der Waals surface area contributed by atoms with E-state index >= 15 is 0 Å². The van der Waals surface area contributed by atoms with Crippen molar-refractivity contribution < 1.29 is 5.11 Å². The molecule has 0 aliphatic heterocycles. The van der Waals surface area contributed by atoms with Crippen LogP contribution in [0.1, 0.15) is 25.7 Å². The number of aliphatic hydroxyl groups excluding tert-OH is 1. The fourth-order valence-corrected chi connectivity index (χ4v) is 1.36. The van der Waals surface area contributed by atoms with Crippen LogP contribution in [0.5, 0.6) is 0 Å². The first-order valence-electron chi connectivity index (χ1n) is 4.22. The van der Waals surface area contributed by atoms with Crippen LogP contribution in [0.25, 0.3) is 10.4 Å². The van der Waals surface area contributed by atoms with Crippen molar-refractivity contribution >= 4 is 0 Å². The van der Waals surface area contributed by atoms with E-state index in [0.29, 0.717) is 6.42 Å². The maximum Gasteiger partial charge on any atom is 0.0636 e. The fourth-order valence-electron chi connectivity index (χ4n) is 1.36. The standard InChI is InChI=1S/C8H13N3O/c9-11-10-7-5-3-1-2-4-6-8(7)12/h1-2,7-8,12H,3-6H2/b2-1-/t7-,8-/m1/s1. The van der Waals surface area contributed by atoms with Gasteiger partial charge in [-0.15, -0.1) is 0 Å². The Morgan fingerprint density at radius 1 is 1.33 bits per heavy atom. The first kappa shape index (κ1) is 9.10. The molecule has 0 heterocycles. The van der Waals surface area contributed by atoms with Gasteiger partial charge in [-0.25, -0.2) is 0 Å². The monoisotopic (exact) mass is 167 g/mol. The lowest BCUT2D eigenvalue weighted by atomic mass is 9.99. The van der Waals surface area contributed by atoms with Crippen LogP contribution >= 0.6 is 0 Å². The third kappa shape index (κ3) is 2.57. The number of rotatable bonds is 1. The topological polar surface area (TPSA) is 69.0 Å². The third-order valence-corrected chi connectivity index (χ3v) is 2.07. The van der Waals surface area contributed by atoms with Gasteiger partial charge in [0.1, 0.15) is 0 Å². The minimum atomic E-state index is -0.467. The smallest absolute Gasteiger partial charge is 0.0636 e. The van der Waals surface area contributed by atoms with Gasteiger partial charge in [0.05, 0.1) is 12.1 Å². The Labute approximate surface area is 71.5 Å². The van der Waals surface area contributed by atoms with Crippen LogP contribution < -0.4 is 0 Å². The molecule has 0 spiro atoms. The Morgan fingerprint density at radius 3 is 2.67 bits per heavy atom. The molecule has 66 valence electrons. The second-order valence-corrected chi connectivity index (χ2v) is 2.97. The predicted octanol–water partition coefficient (Wildman–Crippen LogP) is 2.16. The fraction of sp³-hybridized carbons (Fsp3) is 0.750. The molecular formula is C8H13N3O. The van der Waals surface area contributed by atoms with Crippen molar-refractivity contribution in [1.82, 2.24) is 0 Å². The van der Waals surface area contributed by atoms with Crippen molar-refractivity contribution in [2.24, 2.45) is 5.11 Å². The average Bonchev–Trinajstić information content (AvgIpc) is 2.05. The molecule has 1 rings (SSSR count). The van der Waals surface area contributed by atoms with Gasteiger partial charge < -0.3 is 5.11 Å². The molecule has 0 fully saturated rings. The van der Waals surface area contributed by atoms with Gasteiger partial charge >= 0.3 is 0 Å². The van der Waals surface area contributed by atoms with E-state index in [1.807, 2.05) is 0 Å². The summed E-state index contributed by atoms with van der Waals surface area (Å²) in [6, 6.07) is -0.236. The summed E-state index contributed by atoms with van der Waals surface area (Å²) in [4.78, 5) is 2.72. The van der Waals surface area contributed by atoms with Crippen molar-refractivity contribution in [3.05, 3.63) is 22.6 Å². The molecule has 0 unspecified atom stereocenters. The van der Waals surface area contributed by atoms with E-state index in [1.165, 1.54) is 0 Å². The van der Waals surface area contributed by atoms with Crippen LogP contribution in [-0.2, 0) is 0 Å². The zero-order valence-electron chi connectivity index (χ0n) is 6.93. The summed E-state index contributed by atoms with van der Waals surface area (Å²) in [5.41, 5.74) is 8.23. The molecule has 1 aliphatic carbocycles. The number of nitrogens with zero attached hydrogens (tertiary/aromatic N) is 3. The van der Waals surface area contributed by atoms with Crippen molar-refractivity contribution in [2.45, 2.75) is 37.8 Å². The summed E-state index contributed by atoms with van der Waals surface area (Å²) < 4.78 is 0. The van der Waals surface area contributed by atoms with E-state index in [0.717, 1.165) is 19.3 Å². The van der Waals surface area contributed by atoms with Crippen molar-refractivity contribution in [1.29, 1.82) is 0 Å². The number of aliphatic hydroxyl groups is 1. The van der Waals surface area contributed by atoms with Gasteiger partial charge in [0.25, 0.3) is 0 Å². The maximum absolute atomic E-state index is 9.51. The van der Waals surface area contributed by atoms with E-state index < -0.39 is 6.10 Å². The molecule has 1 N–H and O–H groups in total. The average molecular weight is 167 g/mol. The van der Waals surface area contributed by atoms with Crippen molar-refractivity contribution in [3.63, 3.8) is 0 Å². The second kappa shape index (κ2) is 4.80. The van der Waals surface area contributed by atoms with Gasteiger partial charge in [0.15, 0.2) is 0 Å². The lowest BCUT2D eigenvalue weighted by Crippen LogP contribution is -2.24. The molecule has 0 radical (unpaired) electrons. The molecule has 4 heteroatoms. The maximum atomic E-state index is 9.51.